The van der Waals surface area contributed by atoms with Crippen LogP contribution in [-0.2, 0) is 9.59 Å². The number of phenolic OH excluding ortho intramolecular Hbond substituents is 1. The molecule has 0 bridgehead atoms. The lowest BCUT2D eigenvalue weighted by Crippen LogP contribution is -2.29. The van der Waals surface area contributed by atoms with Crippen molar-refractivity contribution in [1.29, 1.82) is 5.26 Å². The first-order valence-electron chi connectivity index (χ1n) is 10.4. The highest BCUT2D eigenvalue weighted by Gasteiger charge is 2.47. The van der Waals surface area contributed by atoms with E-state index in [2.05, 4.69) is 0 Å². The van der Waals surface area contributed by atoms with Crippen molar-refractivity contribution in [2.45, 2.75) is 13.0 Å². The Labute approximate surface area is 200 Å². The summed E-state index contributed by atoms with van der Waals surface area (Å²) >= 11 is 6.16. The number of phenols is 1. The van der Waals surface area contributed by atoms with Gasteiger partial charge in [0, 0.05) is 11.3 Å². The number of nitrogens with zero attached hydrogens (tertiary/aromatic N) is 2. The minimum atomic E-state index is -1.02. The van der Waals surface area contributed by atoms with Gasteiger partial charge in [0.15, 0.2) is 0 Å². The number of Topliss-reactive ketones (excluding diaryl/α,β-unsaturated/α-hetero) is 1. The maximum absolute atomic E-state index is 13.2. The lowest BCUT2D eigenvalue weighted by molar-refractivity contribution is -0.132. The summed E-state index contributed by atoms with van der Waals surface area (Å²) in [6, 6.07) is 17.8. The van der Waals surface area contributed by atoms with Crippen molar-refractivity contribution in [2.24, 2.45) is 0 Å². The van der Waals surface area contributed by atoms with Gasteiger partial charge in [0.2, 0.25) is 0 Å². The highest BCUT2D eigenvalue weighted by atomic mass is 35.5. The largest absolute Gasteiger partial charge is 0.508 e. The van der Waals surface area contributed by atoms with E-state index in [1.165, 1.54) is 47.4 Å². The van der Waals surface area contributed by atoms with E-state index in [-0.39, 0.29) is 16.9 Å². The van der Waals surface area contributed by atoms with Gasteiger partial charge >= 0.3 is 0 Å². The van der Waals surface area contributed by atoms with Gasteiger partial charge in [0.25, 0.3) is 11.7 Å². The maximum Gasteiger partial charge on any atom is 0.300 e. The number of nitriles is 1. The minimum absolute atomic E-state index is 0.0620. The van der Waals surface area contributed by atoms with Crippen molar-refractivity contribution in [3.63, 3.8) is 0 Å². The molecule has 1 saturated heterocycles. The predicted molar refractivity (Wildman–Crippen MR) is 127 cm³/mol. The number of aliphatic hydroxyl groups is 1. The van der Waals surface area contributed by atoms with Crippen LogP contribution in [0, 0.1) is 11.3 Å². The molecule has 1 aliphatic rings. The third-order valence-corrected chi connectivity index (χ3v) is 5.72. The van der Waals surface area contributed by atoms with E-state index >= 15 is 0 Å². The maximum atomic E-state index is 13.2. The topological polar surface area (TPSA) is 111 Å². The number of aliphatic hydroxyl groups excluding tert-OH is 1. The highest BCUT2D eigenvalue weighted by Crippen LogP contribution is 2.43. The number of ether oxygens (including phenoxy) is 1. The third-order valence-electron chi connectivity index (χ3n) is 5.41. The molecule has 0 aliphatic carbocycles. The van der Waals surface area contributed by atoms with Crippen LogP contribution in [0.15, 0.2) is 72.3 Å². The molecular weight excluding hydrogens is 456 g/mol. The van der Waals surface area contributed by atoms with Crippen LogP contribution in [0.5, 0.6) is 11.5 Å². The predicted octanol–water partition coefficient (Wildman–Crippen LogP) is 4.94. The van der Waals surface area contributed by atoms with Crippen molar-refractivity contribution >= 4 is 34.7 Å². The fraction of sp³-hybridized carbons (Fsp3) is 0.115. The van der Waals surface area contributed by atoms with E-state index in [1.54, 1.807) is 31.2 Å². The number of hydrogen-bond acceptors (Lipinski definition) is 6. The van der Waals surface area contributed by atoms with Gasteiger partial charge in [-0.25, -0.2) is 0 Å². The second-order valence-corrected chi connectivity index (χ2v) is 7.91. The van der Waals surface area contributed by atoms with Crippen molar-refractivity contribution in [3.8, 4) is 17.6 Å². The number of aromatic hydroxyl groups is 1. The average molecular weight is 475 g/mol. The van der Waals surface area contributed by atoms with E-state index in [1.807, 2.05) is 6.07 Å². The SMILES string of the molecule is CCOc1cc(/C(O)=C2/C(=O)C(=O)N(c3ccc(C#N)cc3)C2c2cccc(O)c2)ccc1Cl. The Kier molecular flexibility index (Phi) is 6.26. The van der Waals surface area contributed by atoms with Crippen molar-refractivity contribution in [2.75, 3.05) is 11.5 Å². The normalized spacial score (nSPS) is 17.0. The molecular formula is C26H19ClN2O5. The Morgan fingerprint density at radius 2 is 1.85 bits per heavy atom. The van der Waals surface area contributed by atoms with Crippen LogP contribution in [0.4, 0.5) is 5.69 Å². The van der Waals surface area contributed by atoms with Crippen molar-refractivity contribution in [3.05, 3.63) is 94.0 Å². The molecule has 8 heteroatoms. The lowest BCUT2D eigenvalue weighted by Gasteiger charge is -2.25. The van der Waals surface area contributed by atoms with Crippen LogP contribution >= 0.6 is 11.6 Å². The summed E-state index contributed by atoms with van der Waals surface area (Å²) in [5, 5.41) is 30.7. The van der Waals surface area contributed by atoms with Gasteiger partial charge in [-0.2, -0.15) is 5.26 Å². The smallest absolute Gasteiger partial charge is 0.300 e. The van der Waals surface area contributed by atoms with Crippen LogP contribution in [0.3, 0.4) is 0 Å². The van der Waals surface area contributed by atoms with Gasteiger partial charge in [-0.05, 0) is 67.1 Å². The average Bonchev–Trinajstić information content (AvgIpc) is 3.10. The summed E-state index contributed by atoms with van der Waals surface area (Å²) in [6.07, 6.45) is 0. The zero-order valence-corrected chi connectivity index (χ0v) is 18.8. The van der Waals surface area contributed by atoms with E-state index in [4.69, 9.17) is 21.6 Å². The number of anilines is 1. The molecule has 1 amide bonds. The molecule has 1 heterocycles. The molecule has 170 valence electrons. The number of hydrogen-bond donors (Lipinski definition) is 2. The molecule has 34 heavy (non-hydrogen) atoms. The molecule has 3 aromatic carbocycles. The van der Waals surface area contributed by atoms with Gasteiger partial charge in [-0.3, -0.25) is 14.5 Å². The summed E-state index contributed by atoms with van der Waals surface area (Å²) in [7, 11) is 0. The Morgan fingerprint density at radius 3 is 2.50 bits per heavy atom. The number of amides is 1. The van der Waals surface area contributed by atoms with E-state index in [0.717, 1.165) is 0 Å². The second-order valence-electron chi connectivity index (χ2n) is 7.50. The van der Waals surface area contributed by atoms with E-state index in [9.17, 15) is 19.8 Å². The highest BCUT2D eigenvalue weighted by molar-refractivity contribution is 6.51. The number of carbonyl (C=O) groups excluding carboxylic acids is 2. The Bertz CT molecular complexity index is 1360. The van der Waals surface area contributed by atoms with Gasteiger partial charge in [0.05, 0.1) is 34.9 Å². The molecule has 2 N–H and O–H groups in total. The second kappa shape index (κ2) is 9.30. The molecule has 1 unspecified atom stereocenters. The van der Waals surface area contributed by atoms with Crippen molar-refractivity contribution < 1.29 is 24.5 Å². The molecule has 3 aromatic rings. The fourth-order valence-corrected chi connectivity index (χ4v) is 4.05. The zero-order valence-electron chi connectivity index (χ0n) is 18.0. The van der Waals surface area contributed by atoms with Crippen LogP contribution in [0.1, 0.15) is 29.7 Å². The van der Waals surface area contributed by atoms with Crippen LogP contribution in [0.25, 0.3) is 5.76 Å². The Morgan fingerprint density at radius 1 is 1.12 bits per heavy atom. The van der Waals surface area contributed by atoms with Crippen LogP contribution in [-0.4, -0.2) is 28.5 Å². The van der Waals surface area contributed by atoms with Crippen LogP contribution < -0.4 is 9.64 Å². The number of benzene rings is 3. The molecule has 1 aliphatic heterocycles. The minimum Gasteiger partial charge on any atom is -0.508 e. The molecule has 0 saturated carbocycles. The summed E-state index contributed by atoms with van der Waals surface area (Å²) < 4.78 is 5.49. The number of carbonyl (C=O) groups is 2. The summed E-state index contributed by atoms with van der Waals surface area (Å²) in [5.41, 5.74) is 1.27. The van der Waals surface area contributed by atoms with Crippen LogP contribution in [0.2, 0.25) is 5.02 Å². The number of rotatable bonds is 5. The Hall–Kier alpha value is -4.28. The van der Waals surface area contributed by atoms with E-state index in [0.29, 0.717) is 34.2 Å². The number of halogens is 1. The first-order valence-corrected chi connectivity index (χ1v) is 10.8. The number of ketones is 1. The first kappa shape index (κ1) is 22.9. The standard InChI is InChI=1S/C26H19ClN2O5/c1-2-34-21-13-17(8-11-20(21)27)24(31)22-23(16-4-3-5-19(30)12-16)29(26(33)25(22)32)18-9-6-15(14-28)7-10-18/h3-13,23,30-31H,2H2,1H3/b24-22-. The summed E-state index contributed by atoms with van der Waals surface area (Å²) in [6.45, 7) is 2.13. The lowest BCUT2D eigenvalue weighted by atomic mass is 9.95. The summed E-state index contributed by atoms with van der Waals surface area (Å²) in [5.74, 6) is -1.88. The molecule has 1 fully saturated rings. The van der Waals surface area contributed by atoms with Gasteiger partial charge in [-0.15, -0.1) is 0 Å². The molecule has 0 spiro atoms. The fourth-order valence-electron chi connectivity index (χ4n) is 3.88. The quantitative estimate of drug-likeness (QED) is 0.308. The molecule has 1 atom stereocenters. The van der Waals surface area contributed by atoms with Crippen molar-refractivity contribution in [1.82, 2.24) is 0 Å². The molecule has 0 radical (unpaired) electrons. The van der Waals surface area contributed by atoms with E-state index < -0.39 is 23.5 Å². The summed E-state index contributed by atoms with van der Waals surface area (Å²) in [4.78, 5) is 27.6. The van der Waals surface area contributed by atoms with Gasteiger partial charge in [-0.1, -0.05) is 23.7 Å². The molecule has 0 aromatic heterocycles. The Balaban J connectivity index is 1.93. The molecule has 7 nitrogen and oxygen atoms in total. The zero-order chi connectivity index (χ0) is 24.4. The first-order chi connectivity index (χ1) is 16.3. The van der Waals surface area contributed by atoms with Gasteiger partial charge in [0.1, 0.15) is 17.3 Å². The van der Waals surface area contributed by atoms with Gasteiger partial charge < -0.3 is 14.9 Å². The third kappa shape index (κ3) is 4.07. The molecule has 4 rings (SSSR count). The monoisotopic (exact) mass is 474 g/mol.